The minimum atomic E-state index is 0. The summed E-state index contributed by atoms with van der Waals surface area (Å²) >= 11 is 0. The van der Waals surface area contributed by atoms with E-state index in [2.05, 4.69) is 15.4 Å². The molecule has 62 valence electrons. The molecule has 0 saturated carbocycles. The average molecular weight is 307 g/mol. The van der Waals surface area contributed by atoms with Gasteiger partial charge < -0.3 is 17.0 Å². The van der Waals surface area contributed by atoms with Gasteiger partial charge in [-0.3, -0.25) is 5.10 Å². The first-order valence-corrected chi connectivity index (χ1v) is 2.72. The number of hydrogen-bond acceptors (Lipinski definition) is 2. The first kappa shape index (κ1) is 10.8. The maximum absolute atomic E-state index is 3.81. The van der Waals surface area contributed by atoms with E-state index in [9.17, 15) is 0 Å². The number of aromatic nitrogens is 3. The maximum Gasteiger partial charge on any atom is 1.00 e. The quantitative estimate of drug-likeness (QED) is 0.570. The Morgan fingerprint density at radius 3 is 2.64 bits per heavy atom. The zero-order chi connectivity index (χ0) is 6.10. The Bertz CT molecular complexity index is 292. The zero-order valence-corrected chi connectivity index (χ0v) is 8.45. The van der Waals surface area contributed by atoms with Crippen LogP contribution in [0.3, 0.4) is 0 Å². The molecule has 0 amide bonds. The predicted octanol–water partition coefficient (Wildman–Crippen LogP) is -2.04. The second-order valence-corrected chi connectivity index (χ2v) is 1.83. The Morgan fingerprint density at radius 1 is 1.18 bits per heavy atom. The van der Waals surface area contributed by atoms with Gasteiger partial charge in [-0.2, -0.15) is 0 Å². The van der Waals surface area contributed by atoms with Gasteiger partial charge in [0, 0.05) is 0 Å². The second kappa shape index (κ2) is 4.66. The number of fused-ring (bicyclic) bond motifs is 1. The smallest absolute Gasteiger partial charge is 1.00 e. The van der Waals surface area contributed by atoms with Gasteiger partial charge in [-0.25, -0.2) is 0 Å². The minimum Gasteiger partial charge on any atom is -1.00 e. The summed E-state index contributed by atoms with van der Waals surface area (Å²) in [7, 11) is 0. The molecule has 3 nitrogen and oxygen atoms in total. The van der Waals surface area contributed by atoms with E-state index in [0.717, 1.165) is 11.0 Å². The number of hydrogen-bond donors (Lipinski definition) is 1. The van der Waals surface area contributed by atoms with Gasteiger partial charge in [0.15, 0.2) is 0 Å². The molecule has 2 aromatic rings. The van der Waals surface area contributed by atoms with Crippen LogP contribution in [-0.4, -0.2) is 15.4 Å². The van der Waals surface area contributed by atoms with E-state index in [1.807, 2.05) is 24.3 Å². The number of nitrogens with one attached hydrogen (secondary N) is 1. The van der Waals surface area contributed by atoms with Crippen molar-refractivity contribution in [3.63, 3.8) is 0 Å². The van der Waals surface area contributed by atoms with Crippen molar-refractivity contribution in [2.75, 3.05) is 0 Å². The van der Waals surface area contributed by atoms with E-state index in [0.29, 0.717) is 0 Å². The van der Waals surface area contributed by atoms with E-state index < -0.39 is 0 Å². The van der Waals surface area contributed by atoms with Gasteiger partial charge in [-0.05, 0) is 12.1 Å². The fraction of sp³-hybridized carbons (Fsp3) is 0. The van der Waals surface area contributed by atoms with Crippen molar-refractivity contribution >= 4 is 11.0 Å². The van der Waals surface area contributed by atoms with Crippen LogP contribution >= 0.6 is 0 Å². The van der Waals surface area contributed by atoms with Crippen LogP contribution in [0.15, 0.2) is 24.3 Å². The molecule has 0 spiro atoms. The summed E-state index contributed by atoms with van der Waals surface area (Å²) in [6.45, 7) is 0. The normalized spacial score (nSPS) is 8.36. The van der Waals surface area contributed by atoms with Crippen LogP contribution in [0.2, 0.25) is 0 Å². The minimum absolute atomic E-state index is 0. The molecule has 1 aromatic carbocycles. The van der Waals surface area contributed by atoms with E-state index in [-0.39, 0.29) is 39.4 Å². The largest absolute Gasteiger partial charge is 1.00 e. The monoisotopic (exact) mass is 305 g/mol. The third-order valence-electron chi connectivity index (χ3n) is 1.23. The third-order valence-corrected chi connectivity index (χ3v) is 1.23. The average Bonchev–Trinajstić information content (AvgIpc) is 2.33. The van der Waals surface area contributed by atoms with Crippen molar-refractivity contribution in [2.45, 2.75) is 0 Å². The van der Waals surface area contributed by atoms with Crippen LogP contribution in [0.25, 0.3) is 11.0 Å². The Labute approximate surface area is 89.8 Å². The molecule has 0 aliphatic rings. The summed E-state index contributed by atoms with van der Waals surface area (Å²) < 4.78 is 0. The molecule has 1 aromatic heterocycles. The summed E-state index contributed by atoms with van der Waals surface area (Å²) in [5.41, 5.74) is 1.90. The number of H-pyrrole nitrogens is 1. The number of nitrogens with zero attached hydrogens (tertiary/aromatic N) is 2. The zero-order valence-electron chi connectivity index (χ0n) is 5.38. The van der Waals surface area contributed by atoms with Gasteiger partial charge >= 0.3 is 22.4 Å². The number of para-hydroxylation sites is 1. The van der Waals surface area contributed by atoms with Crippen molar-refractivity contribution in [2.24, 2.45) is 0 Å². The molecule has 0 saturated heterocycles. The number of benzene rings is 1. The van der Waals surface area contributed by atoms with Crippen molar-refractivity contribution < 1.29 is 39.4 Å². The molecule has 2 rings (SSSR count). The van der Waals surface area contributed by atoms with Gasteiger partial charge in [0.05, 0.1) is 5.52 Å². The standard InChI is InChI=1S/C6H5N3.Ag.BrH/c1-2-4-6-5(3-1)7-9-8-6;;/h1-4H,(H,7,8,9);;1H/q;+1;/p-1. The molecule has 0 unspecified atom stereocenters. The van der Waals surface area contributed by atoms with Crippen LogP contribution in [0.1, 0.15) is 0 Å². The summed E-state index contributed by atoms with van der Waals surface area (Å²) in [5.74, 6) is 0. The SMILES string of the molecule is [Ag+].[Br-].c1ccc2[nH]nnc2c1. The Hall–Kier alpha value is -0.160. The van der Waals surface area contributed by atoms with E-state index >= 15 is 0 Å². The molecule has 5 heteroatoms. The van der Waals surface area contributed by atoms with E-state index in [1.54, 1.807) is 0 Å². The topological polar surface area (TPSA) is 41.6 Å². The van der Waals surface area contributed by atoms with Crippen LogP contribution < -0.4 is 17.0 Å². The second-order valence-electron chi connectivity index (χ2n) is 1.83. The Kier molecular flexibility index (Phi) is 4.60. The van der Waals surface area contributed by atoms with E-state index in [4.69, 9.17) is 0 Å². The van der Waals surface area contributed by atoms with Gasteiger partial charge in [-0.15, -0.1) is 5.10 Å². The van der Waals surface area contributed by atoms with Crippen LogP contribution in [0, 0.1) is 0 Å². The molecule has 1 N–H and O–H groups in total. The van der Waals surface area contributed by atoms with Gasteiger partial charge in [0.1, 0.15) is 5.52 Å². The maximum atomic E-state index is 3.81. The van der Waals surface area contributed by atoms with Crippen molar-refractivity contribution in [3.8, 4) is 0 Å². The van der Waals surface area contributed by atoms with E-state index in [1.165, 1.54) is 0 Å². The Morgan fingerprint density at radius 2 is 1.91 bits per heavy atom. The fourth-order valence-corrected chi connectivity index (χ4v) is 0.788. The molecule has 11 heavy (non-hydrogen) atoms. The molecule has 1 heterocycles. The first-order valence-electron chi connectivity index (χ1n) is 2.72. The van der Waals surface area contributed by atoms with Crippen molar-refractivity contribution in [1.82, 2.24) is 15.4 Å². The predicted molar refractivity (Wildman–Crippen MR) is 33.9 cm³/mol. The van der Waals surface area contributed by atoms with Crippen LogP contribution in [-0.2, 0) is 22.4 Å². The summed E-state index contributed by atoms with van der Waals surface area (Å²) in [4.78, 5) is 0. The number of aromatic amines is 1. The van der Waals surface area contributed by atoms with Gasteiger partial charge in [0.25, 0.3) is 0 Å². The van der Waals surface area contributed by atoms with Crippen LogP contribution in [0.4, 0.5) is 0 Å². The summed E-state index contributed by atoms with van der Waals surface area (Å²) in [6.07, 6.45) is 0. The molecule has 0 radical (unpaired) electrons. The first-order chi connectivity index (χ1) is 4.47. The molecular weight excluding hydrogens is 302 g/mol. The van der Waals surface area contributed by atoms with Gasteiger partial charge in [0.2, 0.25) is 0 Å². The molecule has 0 bridgehead atoms. The van der Waals surface area contributed by atoms with Gasteiger partial charge in [-0.1, -0.05) is 17.3 Å². The fourth-order valence-electron chi connectivity index (χ4n) is 0.788. The Balaban J connectivity index is 0.000000500. The third kappa shape index (κ3) is 2.13. The number of rotatable bonds is 0. The van der Waals surface area contributed by atoms with Crippen LogP contribution in [0.5, 0.6) is 0 Å². The molecule has 0 aliphatic carbocycles. The molecule has 0 fully saturated rings. The summed E-state index contributed by atoms with van der Waals surface area (Å²) in [5, 5.41) is 10.2. The van der Waals surface area contributed by atoms with Crippen molar-refractivity contribution in [1.29, 1.82) is 0 Å². The van der Waals surface area contributed by atoms with Crippen molar-refractivity contribution in [3.05, 3.63) is 24.3 Å². The molecular formula is C6H5AgBrN3. The molecule has 0 atom stereocenters. The molecule has 0 aliphatic heterocycles. The number of halogens is 1. The summed E-state index contributed by atoms with van der Waals surface area (Å²) in [6, 6.07) is 7.74.